The molecule has 4 rings (SSSR count). The average molecular weight is 385 g/mol. The summed E-state index contributed by atoms with van der Waals surface area (Å²) in [4.78, 5) is 38.0. The molecule has 0 unspecified atom stereocenters. The molecule has 3 aromatic rings. The summed E-state index contributed by atoms with van der Waals surface area (Å²) in [6.07, 6.45) is 0. The predicted octanol–water partition coefficient (Wildman–Crippen LogP) is 3.34. The summed E-state index contributed by atoms with van der Waals surface area (Å²) in [7, 11) is 0. The first kappa shape index (κ1) is 14.8. The number of hydrogen-bond acceptors (Lipinski definition) is 5. The zero-order chi connectivity index (χ0) is 17.2. The molecule has 0 atom stereocenters. The number of ketones is 2. The molecular formula is C18H9BrO5. The van der Waals surface area contributed by atoms with Crippen LogP contribution < -0.4 is 5.43 Å². The number of halogens is 1. The van der Waals surface area contributed by atoms with E-state index in [1.807, 2.05) is 0 Å². The first-order valence-electron chi connectivity index (χ1n) is 7.09. The van der Waals surface area contributed by atoms with Crippen LogP contribution in [0.4, 0.5) is 0 Å². The fourth-order valence-corrected chi connectivity index (χ4v) is 3.29. The van der Waals surface area contributed by atoms with Gasteiger partial charge in [-0.1, -0.05) is 12.1 Å². The van der Waals surface area contributed by atoms with E-state index in [1.54, 1.807) is 6.92 Å². The highest BCUT2D eigenvalue weighted by molar-refractivity contribution is 9.10. The summed E-state index contributed by atoms with van der Waals surface area (Å²) in [5.41, 5.74) is -0.00578. The third-order valence-electron chi connectivity index (χ3n) is 4.15. The van der Waals surface area contributed by atoms with Gasteiger partial charge in [-0.2, -0.15) is 0 Å². The molecule has 0 saturated heterocycles. The van der Waals surface area contributed by atoms with E-state index in [2.05, 4.69) is 15.9 Å². The van der Waals surface area contributed by atoms with Crippen molar-refractivity contribution in [1.29, 1.82) is 0 Å². The third kappa shape index (κ3) is 1.77. The van der Waals surface area contributed by atoms with Crippen molar-refractivity contribution < 1.29 is 19.1 Å². The quantitative estimate of drug-likeness (QED) is 0.502. The molecule has 1 heterocycles. The Morgan fingerprint density at radius 2 is 1.67 bits per heavy atom. The van der Waals surface area contributed by atoms with Crippen molar-refractivity contribution in [2.75, 3.05) is 0 Å². The lowest BCUT2D eigenvalue weighted by Crippen LogP contribution is -2.22. The summed E-state index contributed by atoms with van der Waals surface area (Å²) in [6.45, 7) is 1.59. The molecule has 1 N–H and O–H groups in total. The van der Waals surface area contributed by atoms with Gasteiger partial charge in [0.1, 0.15) is 21.6 Å². The van der Waals surface area contributed by atoms with Gasteiger partial charge in [-0.3, -0.25) is 14.4 Å². The zero-order valence-corrected chi connectivity index (χ0v) is 13.9. The largest absolute Gasteiger partial charge is 0.507 e. The standard InChI is InChI=1S/C18H9BrO5/c1-7-14(19)16(22)10-6-5-9-13(18(10)24-7)17(23)12-8(15(9)21)3-2-4-11(12)20/h2-6,20H,1H3. The Hall–Kier alpha value is -2.73. The number of rotatable bonds is 0. The fourth-order valence-electron chi connectivity index (χ4n) is 3.00. The van der Waals surface area contributed by atoms with Crippen molar-refractivity contribution >= 4 is 38.5 Å². The molecule has 0 saturated carbocycles. The second-order valence-corrected chi connectivity index (χ2v) is 6.32. The monoisotopic (exact) mass is 384 g/mol. The van der Waals surface area contributed by atoms with E-state index in [0.717, 1.165) is 0 Å². The minimum atomic E-state index is -0.534. The molecule has 6 heteroatoms. The first-order chi connectivity index (χ1) is 11.4. The second kappa shape index (κ2) is 4.88. The number of fused-ring (bicyclic) bond motifs is 4. The number of benzene rings is 2. The van der Waals surface area contributed by atoms with Crippen molar-refractivity contribution in [3.05, 3.63) is 73.0 Å². The minimum absolute atomic E-state index is 0.0131. The molecule has 0 fully saturated rings. The molecule has 0 bridgehead atoms. The highest BCUT2D eigenvalue weighted by Gasteiger charge is 2.34. The van der Waals surface area contributed by atoms with Crippen LogP contribution in [-0.4, -0.2) is 16.7 Å². The number of hydrogen-bond donors (Lipinski definition) is 1. The van der Waals surface area contributed by atoms with E-state index in [-0.39, 0.29) is 54.7 Å². The Balaban J connectivity index is 2.18. The Morgan fingerprint density at radius 1 is 0.958 bits per heavy atom. The molecule has 118 valence electrons. The van der Waals surface area contributed by atoms with Gasteiger partial charge in [0.05, 0.1) is 16.5 Å². The van der Waals surface area contributed by atoms with Crippen molar-refractivity contribution in [1.82, 2.24) is 0 Å². The van der Waals surface area contributed by atoms with E-state index in [9.17, 15) is 19.5 Å². The van der Waals surface area contributed by atoms with Crippen molar-refractivity contribution in [3.63, 3.8) is 0 Å². The maximum Gasteiger partial charge on any atom is 0.207 e. The number of aromatic hydroxyl groups is 1. The Bertz CT molecular complexity index is 1140. The number of phenols is 1. The maximum absolute atomic E-state index is 12.9. The zero-order valence-electron chi connectivity index (χ0n) is 12.3. The lowest BCUT2D eigenvalue weighted by atomic mass is 9.82. The van der Waals surface area contributed by atoms with Gasteiger partial charge >= 0.3 is 0 Å². The Morgan fingerprint density at radius 3 is 2.42 bits per heavy atom. The topological polar surface area (TPSA) is 84.6 Å². The summed E-state index contributed by atoms with van der Waals surface area (Å²) < 4.78 is 5.91. The number of aryl methyl sites for hydroxylation is 1. The molecule has 0 amide bonds. The van der Waals surface area contributed by atoms with Crippen molar-refractivity contribution in [2.45, 2.75) is 6.92 Å². The maximum atomic E-state index is 12.9. The van der Waals surface area contributed by atoms with Crippen LogP contribution in [0.3, 0.4) is 0 Å². The molecule has 0 radical (unpaired) electrons. The average Bonchev–Trinajstić information content (AvgIpc) is 2.56. The third-order valence-corrected chi connectivity index (χ3v) is 5.07. The van der Waals surface area contributed by atoms with Crippen LogP contribution in [-0.2, 0) is 0 Å². The van der Waals surface area contributed by atoms with Gasteiger partial charge in [0, 0.05) is 11.1 Å². The van der Waals surface area contributed by atoms with Crippen LogP contribution >= 0.6 is 15.9 Å². The summed E-state index contributed by atoms with van der Waals surface area (Å²) in [5, 5.41) is 10.2. The molecule has 0 aliphatic heterocycles. The SMILES string of the molecule is Cc1oc2c3c(ccc2c(=O)c1Br)C(=O)c1cccc(O)c1C3=O. The molecular weight excluding hydrogens is 376 g/mol. The molecule has 1 aliphatic carbocycles. The van der Waals surface area contributed by atoms with E-state index < -0.39 is 5.78 Å². The van der Waals surface area contributed by atoms with Crippen LogP contribution in [0.1, 0.15) is 37.6 Å². The van der Waals surface area contributed by atoms with Gasteiger partial charge in [-0.15, -0.1) is 0 Å². The number of carbonyl (C=O) groups is 2. The highest BCUT2D eigenvalue weighted by atomic mass is 79.9. The van der Waals surface area contributed by atoms with Crippen LogP contribution in [0, 0.1) is 6.92 Å². The Kier molecular flexibility index (Phi) is 3.02. The van der Waals surface area contributed by atoms with E-state index in [4.69, 9.17) is 4.42 Å². The van der Waals surface area contributed by atoms with Gasteiger partial charge < -0.3 is 9.52 Å². The van der Waals surface area contributed by atoms with E-state index >= 15 is 0 Å². The van der Waals surface area contributed by atoms with E-state index in [1.165, 1.54) is 30.3 Å². The van der Waals surface area contributed by atoms with Gasteiger partial charge in [-0.05, 0) is 41.1 Å². The fraction of sp³-hybridized carbons (Fsp3) is 0.0556. The second-order valence-electron chi connectivity index (χ2n) is 5.52. The summed E-state index contributed by atoms with van der Waals surface area (Å²) in [6, 6.07) is 7.27. The summed E-state index contributed by atoms with van der Waals surface area (Å²) >= 11 is 3.16. The molecule has 2 aromatic carbocycles. The van der Waals surface area contributed by atoms with Crippen LogP contribution in [0.25, 0.3) is 11.0 Å². The van der Waals surface area contributed by atoms with Gasteiger partial charge in [0.15, 0.2) is 5.78 Å². The van der Waals surface area contributed by atoms with Crippen LogP contribution in [0.15, 0.2) is 44.0 Å². The summed E-state index contributed by atoms with van der Waals surface area (Å²) in [5.74, 6) is -0.886. The molecule has 1 aliphatic rings. The van der Waals surface area contributed by atoms with Gasteiger partial charge in [0.25, 0.3) is 0 Å². The highest BCUT2D eigenvalue weighted by Crippen LogP contribution is 2.36. The van der Waals surface area contributed by atoms with E-state index in [0.29, 0.717) is 5.76 Å². The lowest BCUT2D eigenvalue weighted by molar-refractivity contribution is 0.0977. The normalized spacial score (nSPS) is 13.1. The molecule has 24 heavy (non-hydrogen) atoms. The van der Waals surface area contributed by atoms with Crippen molar-refractivity contribution in [2.24, 2.45) is 0 Å². The van der Waals surface area contributed by atoms with Crippen LogP contribution in [0.2, 0.25) is 0 Å². The smallest absolute Gasteiger partial charge is 0.207 e. The molecule has 5 nitrogen and oxygen atoms in total. The Labute approximate surface area is 143 Å². The molecule has 1 aromatic heterocycles. The van der Waals surface area contributed by atoms with Crippen LogP contribution in [0.5, 0.6) is 5.75 Å². The number of phenolic OH excluding ortho intramolecular Hbond substituents is 1. The first-order valence-corrected chi connectivity index (χ1v) is 7.88. The predicted molar refractivity (Wildman–Crippen MR) is 89.9 cm³/mol. The molecule has 0 spiro atoms. The van der Waals surface area contributed by atoms with Gasteiger partial charge in [0.2, 0.25) is 11.2 Å². The van der Waals surface area contributed by atoms with Crippen molar-refractivity contribution in [3.8, 4) is 5.75 Å². The number of carbonyl (C=O) groups excluding carboxylic acids is 2. The minimum Gasteiger partial charge on any atom is -0.507 e. The van der Waals surface area contributed by atoms with Gasteiger partial charge in [-0.25, -0.2) is 0 Å². The lowest BCUT2D eigenvalue weighted by Gasteiger charge is -2.19.